The van der Waals surface area contributed by atoms with Crippen molar-refractivity contribution in [3.8, 4) is 12.1 Å². The standard InChI is InChI=1S/C11H10N2/c1-9-4-3-5-10(6-9)11(2,7-12)8-13/h3-6H,1-2H3. The number of benzene rings is 1. The molecule has 0 unspecified atom stereocenters. The molecule has 0 spiro atoms. The van der Waals surface area contributed by atoms with E-state index < -0.39 is 5.41 Å². The van der Waals surface area contributed by atoms with Crippen LogP contribution < -0.4 is 0 Å². The second-order valence-corrected chi connectivity index (χ2v) is 3.22. The van der Waals surface area contributed by atoms with Gasteiger partial charge in [-0.1, -0.05) is 29.8 Å². The molecule has 0 amide bonds. The Bertz CT molecular complexity index is 379. The van der Waals surface area contributed by atoms with Crippen LogP contribution in [0.4, 0.5) is 0 Å². The Labute approximate surface area is 78.0 Å². The van der Waals surface area contributed by atoms with Crippen LogP contribution in [0.1, 0.15) is 18.1 Å². The first-order chi connectivity index (χ1) is 6.12. The van der Waals surface area contributed by atoms with Crippen molar-refractivity contribution in [2.24, 2.45) is 0 Å². The molecule has 0 aliphatic carbocycles. The van der Waals surface area contributed by atoms with Crippen molar-refractivity contribution in [2.45, 2.75) is 19.3 Å². The van der Waals surface area contributed by atoms with Gasteiger partial charge in [0.15, 0.2) is 5.41 Å². The number of rotatable bonds is 1. The summed E-state index contributed by atoms with van der Waals surface area (Å²) < 4.78 is 0. The van der Waals surface area contributed by atoms with Crippen LogP contribution in [0.5, 0.6) is 0 Å². The third-order valence-electron chi connectivity index (χ3n) is 2.04. The maximum atomic E-state index is 8.86. The quantitative estimate of drug-likeness (QED) is 0.649. The Morgan fingerprint density at radius 1 is 1.23 bits per heavy atom. The molecule has 0 atom stereocenters. The summed E-state index contributed by atoms with van der Waals surface area (Å²) in [6.45, 7) is 3.57. The normalized spacial score (nSPS) is 10.2. The minimum atomic E-state index is -1.02. The average molecular weight is 170 g/mol. The first-order valence-electron chi connectivity index (χ1n) is 4.02. The molecule has 0 aliphatic rings. The second kappa shape index (κ2) is 3.29. The molecule has 1 aromatic carbocycles. The zero-order valence-electron chi connectivity index (χ0n) is 7.70. The SMILES string of the molecule is Cc1cccc(C(C)(C#N)C#N)c1. The molecule has 1 rings (SSSR count). The van der Waals surface area contributed by atoms with E-state index in [9.17, 15) is 0 Å². The Balaban J connectivity index is 3.25. The molecule has 64 valence electrons. The first kappa shape index (κ1) is 9.29. The summed E-state index contributed by atoms with van der Waals surface area (Å²) in [6.07, 6.45) is 0. The Morgan fingerprint density at radius 2 is 1.85 bits per heavy atom. The van der Waals surface area contributed by atoms with Crippen molar-refractivity contribution in [3.63, 3.8) is 0 Å². The molecule has 0 fully saturated rings. The molecule has 13 heavy (non-hydrogen) atoms. The summed E-state index contributed by atoms with van der Waals surface area (Å²) in [6, 6.07) is 11.5. The van der Waals surface area contributed by atoms with Gasteiger partial charge in [-0.15, -0.1) is 0 Å². The summed E-state index contributed by atoms with van der Waals surface area (Å²) in [7, 11) is 0. The van der Waals surface area contributed by atoms with Crippen LogP contribution in [0.25, 0.3) is 0 Å². The van der Waals surface area contributed by atoms with Gasteiger partial charge in [0.05, 0.1) is 12.1 Å². The van der Waals surface area contributed by atoms with E-state index in [-0.39, 0.29) is 0 Å². The molecule has 0 saturated heterocycles. The van der Waals surface area contributed by atoms with E-state index >= 15 is 0 Å². The van der Waals surface area contributed by atoms with Crippen LogP contribution in [0.2, 0.25) is 0 Å². The second-order valence-electron chi connectivity index (χ2n) is 3.22. The predicted molar refractivity (Wildman–Crippen MR) is 49.8 cm³/mol. The summed E-state index contributed by atoms with van der Waals surface area (Å²) in [4.78, 5) is 0. The Hall–Kier alpha value is -1.80. The van der Waals surface area contributed by atoms with Crippen molar-refractivity contribution in [3.05, 3.63) is 35.4 Å². The van der Waals surface area contributed by atoms with E-state index in [1.807, 2.05) is 37.3 Å². The molecule has 0 saturated carbocycles. The molecular formula is C11H10N2. The van der Waals surface area contributed by atoms with E-state index in [4.69, 9.17) is 10.5 Å². The smallest absolute Gasteiger partial charge is 0.165 e. The molecular weight excluding hydrogens is 160 g/mol. The van der Waals surface area contributed by atoms with E-state index in [0.717, 1.165) is 11.1 Å². The van der Waals surface area contributed by atoms with Crippen molar-refractivity contribution < 1.29 is 0 Å². The maximum Gasteiger partial charge on any atom is 0.165 e. The van der Waals surface area contributed by atoms with Gasteiger partial charge in [0.2, 0.25) is 0 Å². The lowest BCUT2D eigenvalue weighted by atomic mass is 9.85. The number of hydrogen-bond acceptors (Lipinski definition) is 2. The lowest BCUT2D eigenvalue weighted by Gasteiger charge is -2.12. The number of nitrogens with zero attached hydrogens (tertiary/aromatic N) is 2. The highest BCUT2D eigenvalue weighted by atomic mass is 14.4. The van der Waals surface area contributed by atoms with Gasteiger partial charge in [-0.25, -0.2) is 0 Å². The van der Waals surface area contributed by atoms with Crippen LogP contribution >= 0.6 is 0 Å². The lowest BCUT2D eigenvalue weighted by molar-refractivity contribution is 0.791. The van der Waals surface area contributed by atoms with E-state index in [0.29, 0.717) is 0 Å². The van der Waals surface area contributed by atoms with Crippen molar-refractivity contribution in [2.75, 3.05) is 0 Å². The highest BCUT2D eigenvalue weighted by molar-refractivity contribution is 5.40. The zero-order chi connectivity index (χ0) is 9.90. The largest absolute Gasteiger partial charge is 0.196 e. The van der Waals surface area contributed by atoms with Gasteiger partial charge in [-0.2, -0.15) is 10.5 Å². The minimum absolute atomic E-state index is 0.762. The minimum Gasteiger partial charge on any atom is -0.196 e. The topological polar surface area (TPSA) is 47.6 Å². The number of hydrogen-bond donors (Lipinski definition) is 0. The van der Waals surface area contributed by atoms with Gasteiger partial charge in [0.25, 0.3) is 0 Å². The number of nitriles is 2. The zero-order valence-corrected chi connectivity index (χ0v) is 7.70. The van der Waals surface area contributed by atoms with E-state index in [2.05, 4.69) is 0 Å². The molecule has 0 N–H and O–H groups in total. The van der Waals surface area contributed by atoms with Crippen LogP contribution in [0.3, 0.4) is 0 Å². The molecule has 0 aromatic heterocycles. The van der Waals surface area contributed by atoms with Crippen molar-refractivity contribution >= 4 is 0 Å². The fourth-order valence-corrected chi connectivity index (χ4v) is 1.11. The van der Waals surface area contributed by atoms with Crippen LogP contribution in [-0.2, 0) is 5.41 Å². The summed E-state index contributed by atoms with van der Waals surface area (Å²) in [5, 5.41) is 17.7. The summed E-state index contributed by atoms with van der Waals surface area (Å²) in [5.74, 6) is 0. The van der Waals surface area contributed by atoms with Gasteiger partial charge >= 0.3 is 0 Å². The predicted octanol–water partition coefficient (Wildman–Crippen LogP) is 2.30. The molecule has 0 heterocycles. The molecule has 0 bridgehead atoms. The fraction of sp³-hybridized carbons (Fsp3) is 0.273. The summed E-state index contributed by atoms with van der Waals surface area (Å²) >= 11 is 0. The highest BCUT2D eigenvalue weighted by Crippen LogP contribution is 2.22. The number of aryl methyl sites for hydroxylation is 1. The monoisotopic (exact) mass is 170 g/mol. The van der Waals surface area contributed by atoms with Gasteiger partial charge in [0, 0.05) is 0 Å². The Kier molecular flexibility index (Phi) is 2.35. The van der Waals surface area contributed by atoms with Gasteiger partial charge < -0.3 is 0 Å². The molecule has 0 aliphatic heterocycles. The third kappa shape index (κ3) is 1.68. The van der Waals surface area contributed by atoms with Crippen LogP contribution in [0, 0.1) is 29.6 Å². The average Bonchev–Trinajstić information content (AvgIpc) is 2.17. The summed E-state index contributed by atoms with van der Waals surface area (Å²) in [5.41, 5.74) is 0.804. The van der Waals surface area contributed by atoms with E-state index in [1.165, 1.54) is 0 Å². The highest BCUT2D eigenvalue weighted by Gasteiger charge is 2.25. The lowest BCUT2D eigenvalue weighted by Crippen LogP contribution is -2.16. The maximum absolute atomic E-state index is 8.86. The first-order valence-corrected chi connectivity index (χ1v) is 4.02. The molecule has 1 aromatic rings. The van der Waals surface area contributed by atoms with Crippen molar-refractivity contribution in [1.82, 2.24) is 0 Å². The Morgan fingerprint density at radius 3 is 2.31 bits per heavy atom. The third-order valence-corrected chi connectivity index (χ3v) is 2.04. The van der Waals surface area contributed by atoms with Gasteiger partial charge in [0.1, 0.15) is 0 Å². The van der Waals surface area contributed by atoms with Crippen LogP contribution in [0.15, 0.2) is 24.3 Å². The molecule has 0 radical (unpaired) electrons. The molecule has 2 heteroatoms. The fourth-order valence-electron chi connectivity index (χ4n) is 1.11. The van der Waals surface area contributed by atoms with Gasteiger partial charge in [-0.3, -0.25) is 0 Å². The van der Waals surface area contributed by atoms with Crippen molar-refractivity contribution in [1.29, 1.82) is 10.5 Å². The molecule has 2 nitrogen and oxygen atoms in total. The van der Waals surface area contributed by atoms with Crippen LogP contribution in [-0.4, -0.2) is 0 Å². The van der Waals surface area contributed by atoms with E-state index in [1.54, 1.807) is 13.0 Å². The van der Waals surface area contributed by atoms with Gasteiger partial charge in [-0.05, 0) is 19.4 Å².